The molecule has 0 atom stereocenters. The Balaban J connectivity index is 1.51. The number of carbonyl (C=O) groups excluding carboxylic acids is 2. The van der Waals surface area contributed by atoms with Crippen molar-refractivity contribution in [2.45, 2.75) is 38.0 Å². The Morgan fingerprint density at radius 2 is 1.74 bits per heavy atom. The van der Waals surface area contributed by atoms with Gasteiger partial charge in [0.25, 0.3) is 15.9 Å². The number of amides is 2. The Morgan fingerprint density at radius 3 is 2.44 bits per heavy atom. The Labute approximate surface area is 252 Å². The summed E-state index contributed by atoms with van der Waals surface area (Å²) in [6.45, 7) is 6.22. The summed E-state index contributed by atoms with van der Waals surface area (Å²) < 4.78 is 35.5. The largest absolute Gasteiger partial charge is 0.477 e. The van der Waals surface area contributed by atoms with Crippen molar-refractivity contribution < 1.29 is 22.7 Å². The summed E-state index contributed by atoms with van der Waals surface area (Å²) in [4.78, 5) is 38.8. The fourth-order valence-electron chi connectivity index (χ4n) is 5.55. The Kier molecular flexibility index (Phi) is 8.70. The van der Waals surface area contributed by atoms with Crippen LogP contribution in [0.4, 0.5) is 5.95 Å². The molecule has 3 heterocycles. The highest BCUT2D eigenvalue weighted by Gasteiger charge is 2.38. The molecule has 1 fully saturated rings. The lowest BCUT2D eigenvalue weighted by Gasteiger charge is -2.41. The van der Waals surface area contributed by atoms with Gasteiger partial charge in [-0.15, -0.1) is 0 Å². The molecule has 228 valence electrons. The number of aryl methyl sites for hydroxylation is 2. The van der Waals surface area contributed by atoms with E-state index in [4.69, 9.17) is 4.74 Å². The maximum absolute atomic E-state index is 13.3. The van der Waals surface area contributed by atoms with Gasteiger partial charge in [-0.05, 0) is 70.1 Å². The number of carbonyl (C=O) groups is 2. The quantitative estimate of drug-likeness (QED) is 0.463. The van der Waals surface area contributed by atoms with Gasteiger partial charge in [-0.25, -0.2) is 18.1 Å². The van der Waals surface area contributed by atoms with Gasteiger partial charge in [0.15, 0.2) is 0 Å². The van der Waals surface area contributed by atoms with Gasteiger partial charge in [-0.2, -0.15) is 4.98 Å². The molecule has 2 aromatic carbocycles. The van der Waals surface area contributed by atoms with Gasteiger partial charge in [0, 0.05) is 55.2 Å². The minimum atomic E-state index is -4.11. The van der Waals surface area contributed by atoms with Crippen LogP contribution in [0.15, 0.2) is 53.4 Å². The molecule has 0 unspecified atom stereocenters. The van der Waals surface area contributed by atoms with E-state index in [2.05, 4.69) is 20.0 Å². The first-order chi connectivity index (χ1) is 20.4. The number of nitrogens with one attached hydrogen (secondary N) is 2. The predicted octanol–water partition coefficient (Wildman–Crippen LogP) is 3.24. The van der Waals surface area contributed by atoms with Crippen LogP contribution in [0.1, 0.15) is 40.7 Å². The highest BCUT2D eigenvalue weighted by molar-refractivity contribution is 7.92. The van der Waals surface area contributed by atoms with Crippen molar-refractivity contribution in [1.82, 2.24) is 25.1 Å². The third kappa shape index (κ3) is 6.97. The summed E-state index contributed by atoms with van der Waals surface area (Å²) in [6.07, 6.45) is 1.69. The van der Waals surface area contributed by atoms with Gasteiger partial charge >= 0.3 is 0 Å². The van der Waals surface area contributed by atoms with Crippen LogP contribution in [0.5, 0.6) is 5.88 Å². The molecule has 3 aromatic rings. The first-order valence-corrected chi connectivity index (χ1v) is 15.9. The number of hydrogen-bond acceptors (Lipinski definition) is 8. The molecule has 1 aromatic heterocycles. The van der Waals surface area contributed by atoms with E-state index in [1.54, 1.807) is 12.1 Å². The van der Waals surface area contributed by atoms with Crippen LogP contribution in [-0.4, -0.2) is 86.9 Å². The van der Waals surface area contributed by atoms with E-state index in [-0.39, 0.29) is 40.7 Å². The van der Waals surface area contributed by atoms with Gasteiger partial charge in [-0.1, -0.05) is 24.3 Å². The average Bonchev–Trinajstić information content (AvgIpc) is 2.97. The maximum atomic E-state index is 13.3. The standard InChI is InChI=1S/C31H38N6O5S/c1-21-7-5-8-22(2)28(21)25-18-26-34-30(33-25)35-43(40,41)24-10-6-9-23(17-24)29(39)32-19-31(20-42-26)12-15-37(16-13-31)27(38)11-14-36(3)4/h5-10,17-18H,11-16,19-20H2,1-4H3,(H,32,39)(H,33,34,35). The minimum Gasteiger partial charge on any atom is -0.477 e. The number of likely N-dealkylation sites (tertiary alicyclic amines) is 1. The van der Waals surface area contributed by atoms with Crippen LogP contribution in [0.3, 0.4) is 0 Å². The molecule has 1 spiro atoms. The van der Waals surface area contributed by atoms with Crippen LogP contribution >= 0.6 is 0 Å². The van der Waals surface area contributed by atoms with Crippen molar-refractivity contribution in [3.05, 3.63) is 65.2 Å². The molecule has 11 nitrogen and oxygen atoms in total. The molecule has 1 saturated heterocycles. The molecule has 2 aliphatic heterocycles. The summed E-state index contributed by atoms with van der Waals surface area (Å²) in [5.41, 5.74) is 3.10. The van der Waals surface area contributed by atoms with Gasteiger partial charge in [-0.3, -0.25) is 9.59 Å². The molecule has 0 aliphatic carbocycles. The van der Waals surface area contributed by atoms with Crippen molar-refractivity contribution >= 4 is 27.8 Å². The number of sulfonamides is 1. The number of fused-ring (bicyclic) bond motifs is 4. The van der Waals surface area contributed by atoms with Crippen LogP contribution in [0.25, 0.3) is 11.3 Å². The van der Waals surface area contributed by atoms with Gasteiger partial charge in [0.05, 0.1) is 17.2 Å². The highest BCUT2D eigenvalue weighted by Crippen LogP contribution is 2.34. The molecule has 5 rings (SSSR count). The second kappa shape index (κ2) is 12.3. The minimum absolute atomic E-state index is 0.0833. The number of nitrogens with zero attached hydrogens (tertiary/aromatic N) is 4. The zero-order valence-electron chi connectivity index (χ0n) is 25.0. The maximum Gasteiger partial charge on any atom is 0.264 e. The number of aromatic nitrogens is 2. The number of piperidine rings is 1. The van der Waals surface area contributed by atoms with Crippen molar-refractivity contribution in [3.63, 3.8) is 0 Å². The highest BCUT2D eigenvalue weighted by atomic mass is 32.2. The van der Waals surface area contributed by atoms with Gasteiger partial charge in [0.1, 0.15) is 0 Å². The van der Waals surface area contributed by atoms with E-state index in [1.165, 1.54) is 18.2 Å². The SMILES string of the molecule is Cc1cccc(C)c1-c1cc2nc(n1)NS(=O)(=O)c1cccc(c1)C(=O)NCC1(CCN(C(=O)CCN(C)C)CC1)CO2. The van der Waals surface area contributed by atoms with E-state index < -0.39 is 15.4 Å². The summed E-state index contributed by atoms with van der Waals surface area (Å²) >= 11 is 0. The van der Waals surface area contributed by atoms with Crippen molar-refractivity contribution in [2.24, 2.45) is 5.41 Å². The van der Waals surface area contributed by atoms with Gasteiger partial charge < -0.3 is 19.9 Å². The van der Waals surface area contributed by atoms with Crippen LogP contribution in [0, 0.1) is 19.3 Å². The second-order valence-electron chi connectivity index (χ2n) is 11.7. The number of hydrogen-bond donors (Lipinski definition) is 2. The fraction of sp³-hybridized carbons (Fsp3) is 0.419. The second-order valence-corrected chi connectivity index (χ2v) is 13.4. The molecule has 2 aliphatic rings. The third-order valence-corrected chi connectivity index (χ3v) is 9.50. The van der Waals surface area contributed by atoms with Gasteiger partial charge in [0.2, 0.25) is 17.7 Å². The van der Waals surface area contributed by atoms with E-state index >= 15 is 0 Å². The third-order valence-electron chi connectivity index (χ3n) is 8.17. The number of anilines is 1. The van der Waals surface area contributed by atoms with Crippen LogP contribution in [-0.2, 0) is 14.8 Å². The zero-order chi connectivity index (χ0) is 30.8. The zero-order valence-corrected chi connectivity index (χ0v) is 25.8. The van der Waals surface area contributed by atoms with Crippen LogP contribution in [0.2, 0.25) is 0 Å². The van der Waals surface area contributed by atoms with E-state index in [9.17, 15) is 18.0 Å². The molecule has 12 heteroatoms. The number of ether oxygens (including phenoxy) is 1. The summed E-state index contributed by atoms with van der Waals surface area (Å²) in [7, 11) is -0.227. The number of rotatable bonds is 4. The Bertz CT molecular complexity index is 1610. The summed E-state index contributed by atoms with van der Waals surface area (Å²) in [5, 5.41) is 3.00. The van der Waals surface area contributed by atoms with E-state index in [1.807, 2.05) is 55.9 Å². The van der Waals surface area contributed by atoms with Crippen LogP contribution < -0.4 is 14.8 Å². The molecule has 2 N–H and O–H groups in total. The lowest BCUT2D eigenvalue weighted by molar-refractivity contribution is -0.134. The lowest BCUT2D eigenvalue weighted by Crippen LogP contribution is -2.50. The Hall–Kier alpha value is -4.03. The first kappa shape index (κ1) is 30.4. The summed E-state index contributed by atoms with van der Waals surface area (Å²) in [5.74, 6) is -0.189. The van der Waals surface area contributed by atoms with Crippen molar-refractivity contribution in [1.29, 1.82) is 0 Å². The number of benzene rings is 2. The smallest absolute Gasteiger partial charge is 0.264 e. The molecule has 0 saturated carbocycles. The van der Waals surface area contributed by atoms with E-state index in [0.29, 0.717) is 51.1 Å². The molecule has 0 radical (unpaired) electrons. The molecule has 2 amide bonds. The molecule has 43 heavy (non-hydrogen) atoms. The predicted molar refractivity (Wildman–Crippen MR) is 163 cm³/mol. The monoisotopic (exact) mass is 606 g/mol. The Morgan fingerprint density at radius 1 is 1.05 bits per heavy atom. The first-order valence-electron chi connectivity index (χ1n) is 14.4. The van der Waals surface area contributed by atoms with Crippen molar-refractivity contribution in [3.8, 4) is 17.1 Å². The molecular weight excluding hydrogens is 568 g/mol. The topological polar surface area (TPSA) is 134 Å². The lowest BCUT2D eigenvalue weighted by atomic mass is 9.78. The average molecular weight is 607 g/mol. The molecule has 4 bridgehead atoms. The fourth-order valence-corrected chi connectivity index (χ4v) is 6.54. The van der Waals surface area contributed by atoms with E-state index in [0.717, 1.165) is 16.7 Å². The van der Waals surface area contributed by atoms with Crippen molar-refractivity contribution in [2.75, 3.05) is 51.6 Å². The molecular formula is C31H38N6O5S. The summed E-state index contributed by atoms with van der Waals surface area (Å²) in [6, 6.07) is 13.5. The normalized spacial score (nSPS) is 17.9.